The van der Waals surface area contributed by atoms with Crippen molar-refractivity contribution in [1.82, 2.24) is 5.32 Å². The van der Waals surface area contributed by atoms with Crippen molar-refractivity contribution in [2.24, 2.45) is 5.92 Å². The maximum absolute atomic E-state index is 14.3. The highest BCUT2D eigenvalue weighted by Gasteiger charge is 2.37. The third kappa shape index (κ3) is 3.71. The highest BCUT2D eigenvalue weighted by Crippen LogP contribution is 2.36. The molecule has 0 radical (unpaired) electrons. The summed E-state index contributed by atoms with van der Waals surface area (Å²) >= 11 is 0. The summed E-state index contributed by atoms with van der Waals surface area (Å²) in [5.41, 5.74) is 4.17. The quantitative estimate of drug-likeness (QED) is 0.860. The van der Waals surface area contributed by atoms with Crippen LogP contribution in [0.1, 0.15) is 41.1 Å². The number of hydrogen-bond acceptors (Lipinski definition) is 3. The van der Waals surface area contributed by atoms with Gasteiger partial charge in [0.05, 0.1) is 24.3 Å². The van der Waals surface area contributed by atoms with Crippen LogP contribution in [-0.4, -0.2) is 25.0 Å². The third-order valence-electron chi connectivity index (χ3n) is 5.68. The van der Waals surface area contributed by atoms with Crippen LogP contribution in [0.25, 0.3) is 0 Å². The van der Waals surface area contributed by atoms with Gasteiger partial charge < -0.3 is 15.0 Å². The zero-order valence-corrected chi connectivity index (χ0v) is 16.9. The van der Waals surface area contributed by atoms with E-state index in [1.165, 1.54) is 11.0 Å². The van der Waals surface area contributed by atoms with Crippen molar-refractivity contribution in [1.29, 1.82) is 0 Å². The van der Waals surface area contributed by atoms with E-state index in [1.807, 2.05) is 19.9 Å². The Hall–Kier alpha value is -2.89. The number of carbonyl (C=O) groups excluding carboxylic acids is 2. The van der Waals surface area contributed by atoms with Crippen LogP contribution < -0.4 is 15.0 Å². The molecular weight excluding hydrogens is 371 g/mol. The van der Waals surface area contributed by atoms with Crippen molar-refractivity contribution in [2.45, 2.75) is 39.7 Å². The summed E-state index contributed by atoms with van der Waals surface area (Å²) in [6.07, 6.45) is 0.765. The molecule has 29 heavy (non-hydrogen) atoms. The molecule has 0 aromatic heterocycles. The molecule has 0 saturated carbocycles. The molecule has 1 N–H and O–H groups in total. The second-order valence-electron chi connectivity index (χ2n) is 8.06. The smallest absolute Gasteiger partial charge is 0.227 e. The topological polar surface area (TPSA) is 58.6 Å². The maximum Gasteiger partial charge on any atom is 0.227 e. The predicted molar refractivity (Wildman–Crippen MR) is 109 cm³/mol. The van der Waals surface area contributed by atoms with Gasteiger partial charge in [-0.05, 0) is 44.0 Å². The van der Waals surface area contributed by atoms with Gasteiger partial charge in [-0.2, -0.15) is 0 Å². The molecule has 2 atom stereocenters. The van der Waals surface area contributed by atoms with E-state index in [4.69, 9.17) is 4.74 Å². The zero-order chi connectivity index (χ0) is 20.7. The summed E-state index contributed by atoms with van der Waals surface area (Å²) in [5.74, 6) is -0.514. The molecule has 152 valence electrons. The Morgan fingerprint density at radius 1 is 1.17 bits per heavy atom. The van der Waals surface area contributed by atoms with E-state index >= 15 is 0 Å². The summed E-state index contributed by atoms with van der Waals surface area (Å²) in [5, 5.41) is 3.10. The second kappa shape index (κ2) is 7.50. The van der Waals surface area contributed by atoms with Crippen molar-refractivity contribution in [3.05, 3.63) is 58.4 Å². The number of fused-ring (bicyclic) bond motifs is 1. The number of carbonyl (C=O) groups is 2. The first-order valence-electron chi connectivity index (χ1n) is 9.94. The molecule has 6 heteroatoms. The van der Waals surface area contributed by atoms with Crippen molar-refractivity contribution in [3.8, 4) is 5.75 Å². The lowest BCUT2D eigenvalue weighted by atomic mass is 9.95. The number of anilines is 1. The lowest BCUT2D eigenvalue weighted by molar-refractivity contribution is -0.127. The molecule has 2 heterocycles. The van der Waals surface area contributed by atoms with Crippen molar-refractivity contribution in [3.63, 3.8) is 0 Å². The minimum Gasteiger partial charge on any atom is -0.493 e. The Labute approximate surface area is 169 Å². The van der Waals surface area contributed by atoms with Gasteiger partial charge in [0, 0.05) is 24.9 Å². The normalized spacial score (nSPS) is 21.0. The molecule has 2 aromatic carbocycles. The minimum atomic E-state index is -0.500. The fourth-order valence-electron chi connectivity index (χ4n) is 4.26. The fraction of sp³-hybridized carbons (Fsp3) is 0.391. The molecular formula is C23H25FN2O3. The van der Waals surface area contributed by atoms with Gasteiger partial charge in [0.25, 0.3) is 0 Å². The highest BCUT2D eigenvalue weighted by molar-refractivity contribution is 6.00. The Kier molecular flexibility index (Phi) is 5.03. The number of nitrogens with one attached hydrogen (secondary N) is 1. The van der Waals surface area contributed by atoms with Crippen LogP contribution in [0.4, 0.5) is 10.1 Å². The second-order valence-corrected chi connectivity index (χ2v) is 8.06. The molecule has 2 unspecified atom stereocenters. The van der Waals surface area contributed by atoms with E-state index in [2.05, 4.69) is 11.4 Å². The minimum absolute atomic E-state index is 0.0854. The molecule has 2 aromatic rings. The van der Waals surface area contributed by atoms with Gasteiger partial charge >= 0.3 is 0 Å². The number of rotatable bonds is 3. The van der Waals surface area contributed by atoms with E-state index in [-0.39, 0.29) is 36.5 Å². The number of hydrogen-bond donors (Lipinski definition) is 1. The number of nitrogens with zero attached hydrogens (tertiary/aromatic N) is 1. The molecule has 0 spiro atoms. The van der Waals surface area contributed by atoms with Crippen LogP contribution >= 0.6 is 0 Å². The molecule has 2 aliphatic heterocycles. The van der Waals surface area contributed by atoms with E-state index < -0.39 is 11.7 Å². The molecule has 0 aliphatic carbocycles. The Morgan fingerprint density at radius 3 is 2.72 bits per heavy atom. The maximum atomic E-state index is 14.3. The number of amides is 2. The number of halogens is 1. The highest BCUT2D eigenvalue weighted by atomic mass is 19.1. The van der Waals surface area contributed by atoms with Gasteiger partial charge in [-0.3, -0.25) is 9.59 Å². The van der Waals surface area contributed by atoms with Crippen LogP contribution in [0, 0.1) is 32.5 Å². The van der Waals surface area contributed by atoms with Crippen LogP contribution in [0.3, 0.4) is 0 Å². The average Bonchev–Trinajstić information content (AvgIpc) is 3.04. The van der Waals surface area contributed by atoms with Crippen molar-refractivity contribution in [2.75, 3.05) is 18.1 Å². The Morgan fingerprint density at radius 2 is 1.97 bits per heavy atom. The van der Waals surface area contributed by atoms with Crippen LogP contribution in [-0.2, 0) is 9.59 Å². The van der Waals surface area contributed by atoms with Gasteiger partial charge in [0.1, 0.15) is 11.6 Å². The standard InChI is InChI=1S/C23H25FN2O3/c1-13-4-5-20(18(24)10-13)26-12-16(11-21(26)27)23(28)25-19-6-7-29-22-15(3)8-14(2)9-17(19)22/h4-5,8-10,16,19H,6-7,11-12H2,1-3H3,(H,25,28). The van der Waals surface area contributed by atoms with Gasteiger partial charge in [0.2, 0.25) is 11.8 Å². The molecule has 4 rings (SSSR count). The first-order chi connectivity index (χ1) is 13.8. The molecule has 5 nitrogen and oxygen atoms in total. The monoisotopic (exact) mass is 396 g/mol. The molecule has 2 amide bonds. The molecule has 1 fully saturated rings. The lowest BCUT2D eigenvalue weighted by Gasteiger charge is -2.29. The summed E-state index contributed by atoms with van der Waals surface area (Å²) < 4.78 is 20.1. The van der Waals surface area contributed by atoms with E-state index in [9.17, 15) is 14.0 Å². The van der Waals surface area contributed by atoms with Gasteiger partial charge in [0.15, 0.2) is 0 Å². The average molecular weight is 396 g/mol. The summed E-state index contributed by atoms with van der Waals surface area (Å²) in [6.45, 7) is 6.54. The summed E-state index contributed by atoms with van der Waals surface area (Å²) in [7, 11) is 0. The van der Waals surface area contributed by atoms with Crippen molar-refractivity contribution >= 4 is 17.5 Å². The Bertz CT molecular complexity index is 988. The predicted octanol–water partition coefficient (Wildman–Crippen LogP) is 3.74. The van der Waals surface area contributed by atoms with Gasteiger partial charge in [-0.15, -0.1) is 0 Å². The molecule has 0 bridgehead atoms. The fourth-order valence-corrected chi connectivity index (χ4v) is 4.26. The molecule has 1 saturated heterocycles. The van der Waals surface area contributed by atoms with E-state index in [0.29, 0.717) is 13.0 Å². The lowest BCUT2D eigenvalue weighted by Crippen LogP contribution is -2.37. The zero-order valence-electron chi connectivity index (χ0n) is 16.9. The third-order valence-corrected chi connectivity index (χ3v) is 5.68. The van der Waals surface area contributed by atoms with Gasteiger partial charge in [-0.25, -0.2) is 4.39 Å². The van der Waals surface area contributed by atoms with Crippen molar-refractivity contribution < 1.29 is 18.7 Å². The molecule has 2 aliphatic rings. The van der Waals surface area contributed by atoms with Crippen LogP contribution in [0.2, 0.25) is 0 Å². The van der Waals surface area contributed by atoms with Crippen LogP contribution in [0.15, 0.2) is 30.3 Å². The first kappa shape index (κ1) is 19.4. The number of benzene rings is 2. The number of ether oxygens (including phenoxy) is 1. The SMILES string of the molecule is Cc1ccc(N2CC(C(=O)NC3CCOc4c(C)cc(C)cc43)CC2=O)c(F)c1. The summed E-state index contributed by atoms with van der Waals surface area (Å²) in [6, 6.07) is 8.73. The van der Waals surface area contributed by atoms with Gasteiger partial charge in [-0.1, -0.05) is 23.8 Å². The first-order valence-corrected chi connectivity index (χ1v) is 9.94. The van der Waals surface area contributed by atoms with E-state index in [1.54, 1.807) is 19.1 Å². The van der Waals surface area contributed by atoms with Crippen LogP contribution in [0.5, 0.6) is 5.75 Å². The Balaban J connectivity index is 1.50. The number of aryl methyl sites for hydroxylation is 3. The largest absolute Gasteiger partial charge is 0.493 e. The van der Waals surface area contributed by atoms with E-state index in [0.717, 1.165) is 28.0 Å². The summed E-state index contributed by atoms with van der Waals surface area (Å²) in [4.78, 5) is 26.8.